The Labute approximate surface area is 172 Å². The van der Waals surface area contributed by atoms with Gasteiger partial charge in [0, 0.05) is 5.02 Å². The quantitative estimate of drug-likeness (QED) is 0.458. The molecule has 4 nitrogen and oxygen atoms in total. The van der Waals surface area contributed by atoms with Crippen molar-refractivity contribution in [3.63, 3.8) is 0 Å². The Kier molecular flexibility index (Phi) is 5.28. The Morgan fingerprint density at radius 1 is 1.07 bits per heavy atom. The third kappa shape index (κ3) is 3.86. The van der Waals surface area contributed by atoms with E-state index in [9.17, 15) is 4.79 Å². The number of nitrogens with zero attached hydrogens (tertiary/aromatic N) is 2. The molecule has 1 atom stereocenters. The first kappa shape index (κ1) is 18.5. The Bertz CT molecular complexity index is 1070. The number of thiophene rings is 1. The highest BCUT2D eigenvalue weighted by Crippen LogP contribution is 2.26. The molecule has 0 fully saturated rings. The van der Waals surface area contributed by atoms with Crippen LogP contribution < -0.4 is 5.32 Å². The fourth-order valence-electron chi connectivity index (χ4n) is 2.96. The van der Waals surface area contributed by atoms with Gasteiger partial charge in [0.2, 0.25) is 0 Å². The molecule has 0 unspecified atom stereocenters. The first-order valence-corrected chi connectivity index (χ1v) is 10.1. The summed E-state index contributed by atoms with van der Waals surface area (Å²) in [5, 5.41) is 10.4. The van der Waals surface area contributed by atoms with E-state index in [1.807, 2.05) is 73.0 Å². The number of benzene rings is 2. The van der Waals surface area contributed by atoms with Gasteiger partial charge in [0.05, 0.1) is 16.6 Å². The lowest BCUT2D eigenvalue weighted by Gasteiger charge is -2.15. The smallest absolute Gasteiger partial charge is 0.270 e. The van der Waals surface area contributed by atoms with E-state index in [-0.39, 0.29) is 11.9 Å². The molecule has 1 N–H and O–H groups in total. The number of hydrogen-bond donors (Lipinski definition) is 1. The van der Waals surface area contributed by atoms with Crippen molar-refractivity contribution in [3.05, 3.63) is 94.5 Å². The number of amides is 1. The van der Waals surface area contributed by atoms with E-state index < -0.39 is 0 Å². The van der Waals surface area contributed by atoms with Crippen LogP contribution in [-0.2, 0) is 0 Å². The summed E-state index contributed by atoms with van der Waals surface area (Å²) in [7, 11) is 0. The zero-order valence-electron chi connectivity index (χ0n) is 15.2. The monoisotopic (exact) mass is 407 g/mol. The molecule has 28 heavy (non-hydrogen) atoms. The average Bonchev–Trinajstić information content (AvgIpc) is 3.39. The van der Waals surface area contributed by atoms with Gasteiger partial charge < -0.3 is 5.32 Å². The van der Waals surface area contributed by atoms with E-state index in [0.717, 1.165) is 21.8 Å². The van der Waals surface area contributed by atoms with E-state index in [1.165, 1.54) is 0 Å². The highest BCUT2D eigenvalue weighted by atomic mass is 35.5. The molecular weight excluding hydrogens is 390 g/mol. The predicted octanol–water partition coefficient (Wildman–Crippen LogP) is 5.75. The van der Waals surface area contributed by atoms with E-state index in [4.69, 9.17) is 11.6 Å². The summed E-state index contributed by atoms with van der Waals surface area (Å²) in [5.41, 5.74) is 3.08. The Balaban J connectivity index is 1.70. The van der Waals surface area contributed by atoms with Gasteiger partial charge in [-0.25, -0.2) is 4.68 Å². The molecule has 0 spiro atoms. The third-order valence-electron chi connectivity index (χ3n) is 4.43. The first-order valence-electron chi connectivity index (χ1n) is 8.87. The SMILES string of the molecule is C[C@H](NC(=O)c1cc(-c2cccs2)nn1-c1ccc(Cl)cc1)c1ccccc1. The lowest BCUT2D eigenvalue weighted by Crippen LogP contribution is -2.28. The lowest BCUT2D eigenvalue weighted by atomic mass is 10.1. The van der Waals surface area contributed by atoms with Crippen LogP contribution in [0.1, 0.15) is 29.0 Å². The van der Waals surface area contributed by atoms with Crippen molar-refractivity contribution in [2.45, 2.75) is 13.0 Å². The summed E-state index contributed by atoms with van der Waals surface area (Å²) in [6.45, 7) is 1.97. The number of aromatic nitrogens is 2. The maximum Gasteiger partial charge on any atom is 0.270 e. The third-order valence-corrected chi connectivity index (χ3v) is 5.58. The second kappa shape index (κ2) is 8.00. The standard InChI is InChI=1S/C22H18ClN3OS/c1-15(16-6-3-2-4-7-16)24-22(27)20-14-19(21-8-5-13-28-21)25-26(20)18-11-9-17(23)10-12-18/h2-15H,1H3,(H,24,27)/t15-/m0/s1. The highest BCUT2D eigenvalue weighted by Gasteiger charge is 2.20. The maximum atomic E-state index is 13.1. The number of rotatable bonds is 5. The van der Waals surface area contributed by atoms with Gasteiger partial charge in [-0.1, -0.05) is 48.0 Å². The minimum Gasteiger partial charge on any atom is -0.344 e. The summed E-state index contributed by atoms with van der Waals surface area (Å²) in [6, 6.07) is 22.8. The molecule has 0 aliphatic carbocycles. The molecule has 4 rings (SSSR count). The Morgan fingerprint density at radius 3 is 2.50 bits per heavy atom. The van der Waals surface area contributed by atoms with E-state index in [0.29, 0.717) is 10.7 Å². The number of hydrogen-bond acceptors (Lipinski definition) is 3. The van der Waals surface area contributed by atoms with Crippen LogP contribution in [0.2, 0.25) is 5.02 Å². The van der Waals surface area contributed by atoms with E-state index in [1.54, 1.807) is 28.2 Å². The molecule has 2 aromatic carbocycles. The zero-order chi connectivity index (χ0) is 19.5. The number of halogens is 1. The number of carbonyl (C=O) groups is 1. The zero-order valence-corrected chi connectivity index (χ0v) is 16.7. The topological polar surface area (TPSA) is 46.9 Å². The summed E-state index contributed by atoms with van der Waals surface area (Å²) >= 11 is 7.61. The Morgan fingerprint density at radius 2 is 1.82 bits per heavy atom. The molecule has 0 saturated heterocycles. The van der Waals surface area contributed by atoms with Gasteiger partial charge in [0.1, 0.15) is 11.4 Å². The van der Waals surface area contributed by atoms with Gasteiger partial charge in [0.25, 0.3) is 5.91 Å². The summed E-state index contributed by atoms with van der Waals surface area (Å²) in [4.78, 5) is 14.1. The minimum atomic E-state index is -0.179. The van der Waals surface area contributed by atoms with Crippen LogP contribution in [0.15, 0.2) is 78.2 Å². The second-order valence-corrected chi connectivity index (χ2v) is 7.77. The molecule has 4 aromatic rings. The fourth-order valence-corrected chi connectivity index (χ4v) is 3.77. The van der Waals surface area contributed by atoms with Gasteiger partial charge >= 0.3 is 0 Å². The van der Waals surface area contributed by atoms with E-state index in [2.05, 4.69) is 10.4 Å². The van der Waals surface area contributed by atoms with Crippen LogP contribution in [0, 0.1) is 0 Å². The minimum absolute atomic E-state index is 0.118. The van der Waals surface area contributed by atoms with Crippen molar-refractivity contribution in [2.75, 3.05) is 0 Å². The van der Waals surface area contributed by atoms with E-state index >= 15 is 0 Å². The van der Waals surface area contributed by atoms with Gasteiger partial charge in [-0.05, 0) is 54.3 Å². The molecule has 0 radical (unpaired) electrons. The summed E-state index contributed by atoms with van der Waals surface area (Å²) in [5.74, 6) is -0.179. The molecule has 6 heteroatoms. The van der Waals surface area contributed by atoms with Crippen LogP contribution in [0.25, 0.3) is 16.3 Å². The van der Waals surface area contributed by atoms with Crippen molar-refractivity contribution in [1.29, 1.82) is 0 Å². The molecule has 0 saturated carbocycles. The van der Waals surface area contributed by atoms with Crippen molar-refractivity contribution in [2.24, 2.45) is 0 Å². The van der Waals surface area contributed by atoms with Crippen LogP contribution >= 0.6 is 22.9 Å². The predicted molar refractivity (Wildman–Crippen MR) is 114 cm³/mol. The second-order valence-electron chi connectivity index (χ2n) is 6.39. The molecular formula is C22H18ClN3OS. The van der Waals surface area contributed by atoms with Crippen molar-refractivity contribution in [1.82, 2.24) is 15.1 Å². The maximum absolute atomic E-state index is 13.1. The molecule has 0 aliphatic heterocycles. The van der Waals surface area contributed by atoms with Gasteiger partial charge in [0.15, 0.2) is 0 Å². The van der Waals surface area contributed by atoms with Crippen molar-refractivity contribution < 1.29 is 4.79 Å². The molecule has 2 aromatic heterocycles. The normalized spacial score (nSPS) is 11.9. The fraction of sp³-hybridized carbons (Fsp3) is 0.0909. The van der Waals surface area contributed by atoms with Gasteiger partial charge in [-0.3, -0.25) is 4.79 Å². The summed E-state index contributed by atoms with van der Waals surface area (Å²) < 4.78 is 1.67. The van der Waals surface area contributed by atoms with Crippen LogP contribution in [0.4, 0.5) is 0 Å². The molecule has 0 bridgehead atoms. The molecule has 1 amide bonds. The lowest BCUT2D eigenvalue weighted by molar-refractivity contribution is 0.0932. The van der Waals surface area contributed by atoms with Crippen LogP contribution in [-0.4, -0.2) is 15.7 Å². The molecule has 140 valence electrons. The highest BCUT2D eigenvalue weighted by molar-refractivity contribution is 7.13. The Hall–Kier alpha value is -2.89. The average molecular weight is 408 g/mol. The largest absolute Gasteiger partial charge is 0.344 e. The first-order chi connectivity index (χ1) is 13.6. The molecule has 2 heterocycles. The van der Waals surface area contributed by atoms with Gasteiger partial charge in [-0.2, -0.15) is 5.10 Å². The van der Waals surface area contributed by atoms with Crippen molar-refractivity contribution >= 4 is 28.8 Å². The molecule has 0 aliphatic rings. The van der Waals surface area contributed by atoms with Crippen LogP contribution in [0.5, 0.6) is 0 Å². The van der Waals surface area contributed by atoms with Gasteiger partial charge in [-0.15, -0.1) is 11.3 Å². The number of nitrogens with one attached hydrogen (secondary N) is 1. The summed E-state index contributed by atoms with van der Waals surface area (Å²) in [6.07, 6.45) is 0. The number of carbonyl (C=O) groups excluding carboxylic acids is 1. The van der Waals surface area contributed by atoms with Crippen LogP contribution in [0.3, 0.4) is 0 Å². The van der Waals surface area contributed by atoms with Crippen molar-refractivity contribution in [3.8, 4) is 16.3 Å².